The Hall–Kier alpha value is -1.82. The molecule has 1 aromatic rings. The van der Waals surface area contributed by atoms with Crippen LogP contribution in [0.4, 0.5) is 0 Å². The van der Waals surface area contributed by atoms with E-state index in [1.165, 1.54) is 51.8 Å². The van der Waals surface area contributed by atoms with Crippen LogP contribution in [0.1, 0.15) is 163 Å². The van der Waals surface area contributed by atoms with E-state index in [4.69, 9.17) is 13.6 Å². The second kappa shape index (κ2) is 29.9. The number of hydrogen-bond donors (Lipinski definition) is 2. The van der Waals surface area contributed by atoms with E-state index in [1.807, 2.05) is 39.8 Å². The average molecular weight is 1110 g/mol. The second-order valence-electron chi connectivity index (χ2n) is 21.3. The predicted molar refractivity (Wildman–Crippen MR) is 283 cm³/mol. The van der Waals surface area contributed by atoms with Crippen molar-refractivity contribution in [3.05, 3.63) is 44.5 Å². The van der Waals surface area contributed by atoms with Crippen LogP contribution in [-0.2, 0) is 30.0 Å². The third-order valence-corrected chi connectivity index (χ3v) is 33.3. The monoisotopic (exact) mass is 1110 g/mol. The van der Waals surface area contributed by atoms with Gasteiger partial charge in [0.15, 0.2) is 14.0 Å². The number of ketones is 1. The summed E-state index contributed by atoms with van der Waals surface area (Å²) in [5.74, 6) is -1.47. The molecular formula is C51H92BrN3O7Si2Sn. The summed E-state index contributed by atoms with van der Waals surface area (Å²) in [6.07, 6.45) is 17.1. The normalized spacial score (nSPS) is 15.1. The van der Waals surface area contributed by atoms with E-state index in [2.05, 4.69) is 123 Å². The van der Waals surface area contributed by atoms with E-state index < -0.39 is 64.9 Å². The van der Waals surface area contributed by atoms with Gasteiger partial charge < -0.3 is 14.2 Å². The molecule has 14 heteroatoms. The van der Waals surface area contributed by atoms with Crippen molar-refractivity contribution in [1.29, 1.82) is 0 Å². The summed E-state index contributed by atoms with van der Waals surface area (Å²) in [7, 11) is -4.48. The number of nitrogens with zero attached hydrogens (tertiary/aromatic N) is 1. The van der Waals surface area contributed by atoms with E-state index >= 15 is 0 Å². The van der Waals surface area contributed by atoms with E-state index in [9.17, 15) is 19.2 Å². The first kappa shape index (κ1) is 61.2. The minimum absolute atomic E-state index is 0.0359. The molecule has 372 valence electrons. The zero-order valence-electron chi connectivity index (χ0n) is 43.8. The summed E-state index contributed by atoms with van der Waals surface area (Å²) >= 11 is 1.09. The molecule has 10 nitrogen and oxygen atoms in total. The number of halogens is 1. The fourth-order valence-corrected chi connectivity index (χ4v) is 25.0. The molecule has 0 unspecified atom stereocenters. The molecule has 0 saturated heterocycles. The molecule has 1 aromatic heterocycles. The summed E-state index contributed by atoms with van der Waals surface area (Å²) < 4.78 is 26.7. The van der Waals surface area contributed by atoms with Gasteiger partial charge in [-0.1, -0.05) is 82.5 Å². The molecule has 0 fully saturated rings. The molecule has 65 heavy (non-hydrogen) atoms. The van der Waals surface area contributed by atoms with Gasteiger partial charge in [-0.15, -0.1) is 0 Å². The van der Waals surface area contributed by atoms with Crippen molar-refractivity contribution in [1.82, 2.24) is 15.6 Å². The Labute approximate surface area is 410 Å². The van der Waals surface area contributed by atoms with Crippen LogP contribution >= 0.6 is 15.9 Å². The summed E-state index contributed by atoms with van der Waals surface area (Å²) in [5, 5.41) is 6.45. The number of oxazole rings is 1. The molecule has 0 aromatic carbocycles. The molecule has 0 bridgehead atoms. The van der Waals surface area contributed by atoms with Crippen LogP contribution in [-0.4, -0.2) is 88.1 Å². The molecule has 0 radical (unpaired) electrons. The molecular weight excluding hydrogens is 1020 g/mol. The van der Waals surface area contributed by atoms with Gasteiger partial charge >= 0.3 is 196 Å². The van der Waals surface area contributed by atoms with Crippen molar-refractivity contribution in [3.8, 4) is 0 Å². The van der Waals surface area contributed by atoms with Crippen LogP contribution in [0.15, 0.2) is 37.3 Å². The number of ether oxygens (including phenoxy) is 1. The Morgan fingerprint density at radius 3 is 1.94 bits per heavy atom. The van der Waals surface area contributed by atoms with Crippen LogP contribution in [0.3, 0.4) is 0 Å². The Morgan fingerprint density at radius 2 is 1.45 bits per heavy atom. The van der Waals surface area contributed by atoms with Gasteiger partial charge in [0.05, 0.1) is 12.5 Å². The van der Waals surface area contributed by atoms with Gasteiger partial charge in [0.25, 0.3) is 5.91 Å². The number of carbonyl (C=O) groups excluding carboxylic acids is 4. The van der Waals surface area contributed by atoms with Gasteiger partial charge in [-0.3, -0.25) is 9.59 Å². The van der Waals surface area contributed by atoms with Crippen LogP contribution < -0.4 is 16.0 Å². The molecule has 0 aliphatic rings. The number of carbonyl (C=O) groups is 4. The predicted octanol–water partition coefficient (Wildman–Crippen LogP) is 12.9. The zero-order valence-corrected chi connectivity index (χ0v) is 50.2. The van der Waals surface area contributed by atoms with Crippen molar-refractivity contribution in [3.63, 3.8) is 0 Å². The van der Waals surface area contributed by atoms with Crippen molar-refractivity contribution in [2.24, 2.45) is 11.8 Å². The number of nitrogens with one attached hydrogen (secondary N) is 2. The zero-order chi connectivity index (χ0) is 49.6. The van der Waals surface area contributed by atoms with E-state index in [1.54, 1.807) is 6.08 Å². The number of hydrogen-bond acceptors (Lipinski definition) is 8. The minimum atomic E-state index is -2.43. The number of aromatic nitrogens is 1. The SMILES string of the molecule is CCCCC[C@H](NC(=O)c1nc(CC(=O)C[C@@H](/C=C(\C)Br)O[Si](C)(C)C(C)(C)C)oc1[Si](C)(C)C)C(=O)O[C@H](C(C)C)[C@H](C)/C=C/C(=O)NC/C=[CH]/[Sn]([CH2]CCC)([CH2]CCC)[CH2]CCC. The van der Waals surface area contributed by atoms with Crippen molar-refractivity contribution < 1.29 is 32.8 Å². The fourth-order valence-electron chi connectivity index (χ4n) is 7.74. The Balaban J connectivity index is 3.24. The number of unbranched alkanes of at least 4 members (excludes halogenated alkanes) is 5. The second-order valence-corrected chi connectivity index (χ2v) is 45.3. The fraction of sp³-hybridized carbons (Fsp3) is 0.745. The average Bonchev–Trinajstić information content (AvgIpc) is 3.64. The van der Waals surface area contributed by atoms with E-state index in [0.717, 1.165) is 17.3 Å². The molecule has 1 heterocycles. The van der Waals surface area contributed by atoms with Gasteiger partial charge in [0, 0.05) is 6.42 Å². The summed E-state index contributed by atoms with van der Waals surface area (Å²) in [4.78, 5) is 59.4. The van der Waals surface area contributed by atoms with E-state index in [0.29, 0.717) is 24.8 Å². The number of allylic oxidation sites excluding steroid dienone is 1. The van der Waals surface area contributed by atoms with Crippen LogP contribution in [0.25, 0.3) is 0 Å². The van der Waals surface area contributed by atoms with Gasteiger partial charge in [0.1, 0.15) is 19.2 Å². The maximum absolute atomic E-state index is 14.2. The van der Waals surface area contributed by atoms with E-state index in [-0.39, 0.29) is 53.0 Å². The van der Waals surface area contributed by atoms with Crippen molar-refractivity contribution >= 4 is 79.6 Å². The number of rotatable bonds is 32. The van der Waals surface area contributed by atoms with Crippen LogP contribution in [0, 0.1) is 11.8 Å². The van der Waals surface area contributed by atoms with Crippen molar-refractivity contribution in [2.75, 3.05) is 6.54 Å². The quantitative estimate of drug-likeness (QED) is 0.0315. The number of Topliss-reactive ketones (excluding diaryl/α,β-unsaturated/α-hetero) is 1. The van der Waals surface area contributed by atoms with Gasteiger partial charge in [-0.25, -0.2) is 4.98 Å². The maximum atomic E-state index is 14.2. The van der Waals surface area contributed by atoms with Gasteiger partial charge in [-0.05, 0) is 42.0 Å². The first-order valence-corrected chi connectivity index (χ1v) is 39.8. The third-order valence-electron chi connectivity index (χ3n) is 12.6. The molecule has 0 aliphatic heterocycles. The first-order chi connectivity index (χ1) is 30.3. The van der Waals surface area contributed by atoms with Gasteiger partial charge in [0.2, 0.25) is 5.89 Å². The van der Waals surface area contributed by atoms with Crippen molar-refractivity contribution in [2.45, 2.75) is 223 Å². The molecule has 2 amide bonds. The number of amides is 2. The molecule has 0 saturated carbocycles. The molecule has 0 aliphatic carbocycles. The van der Waals surface area contributed by atoms with Crippen LogP contribution in [0.2, 0.25) is 51.1 Å². The van der Waals surface area contributed by atoms with Gasteiger partial charge in [-0.2, -0.15) is 0 Å². The molecule has 0 spiro atoms. The molecule has 4 atom stereocenters. The summed E-state index contributed by atoms with van der Waals surface area (Å²) in [6, 6.07) is -0.921. The molecule has 1 rings (SSSR count). The molecule has 2 N–H and O–H groups in total. The Morgan fingerprint density at radius 1 is 0.877 bits per heavy atom. The number of esters is 1. The Bertz CT molecular complexity index is 1690. The standard InChI is InChI=1S/C39H65BrN3O7Si2.3C4H9.Sn/c1-15-17-18-19-31(37(47)49-35(26(3)4)27(5)20-21-32(45)41-22-16-2)42-36(46)34-38(51(10,11)12)48-33(43-34)25-29(44)24-30(23-28(6)40)50-52(13,14)39(7,8)9;3*1-3-4-2;/h2,16,20-21,23,26-27,30-31,35H,15,17-19,22,24-25H2,1,3-14H3,(H,41,45)(H,42,46);3*1,3-4H2,2H3;/b16-2?,21-20+,28-23+;;;;/t27-,30-,31+,35-;;;;/m1..../s1. The summed E-state index contributed by atoms with van der Waals surface area (Å²) in [5.41, 5.74) is 0.111. The topological polar surface area (TPSA) is 137 Å². The summed E-state index contributed by atoms with van der Waals surface area (Å²) in [6.45, 7) is 34.3. The van der Waals surface area contributed by atoms with Crippen LogP contribution in [0.5, 0.6) is 0 Å². The Kier molecular flexibility index (Phi) is 28.2. The third kappa shape index (κ3) is 22.9. The first-order valence-electron chi connectivity index (χ1n) is 24.9.